The van der Waals surface area contributed by atoms with Crippen molar-refractivity contribution in [2.24, 2.45) is 0 Å². The molecule has 0 unspecified atom stereocenters. The molecule has 0 spiro atoms. The van der Waals surface area contributed by atoms with Crippen molar-refractivity contribution in [3.63, 3.8) is 0 Å². The minimum atomic E-state index is -0.106. The third-order valence-corrected chi connectivity index (χ3v) is 7.09. The van der Waals surface area contributed by atoms with Crippen LogP contribution in [0.3, 0.4) is 0 Å². The van der Waals surface area contributed by atoms with Crippen LogP contribution in [0.25, 0.3) is 0 Å². The quantitative estimate of drug-likeness (QED) is 0.316. The highest BCUT2D eigenvalue weighted by Gasteiger charge is 2.34. The summed E-state index contributed by atoms with van der Waals surface area (Å²) in [6.07, 6.45) is 0. The van der Waals surface area contributed by atoms with Crippen molar-refractivity contribution in [2.75, 3.05) is 5.75 Å². The fraction of sp³-hybridized carbons (Fsp3) is 0.182. The van der Waals surface area contributed by atoms with E-state index in [1.54, 1.807) is 4.90 Å². The molecule has 0 N–H and O–H groups in total. The van der Waals surface area contributed by atoms with E-state index in [0.29, 0.717) is 22.7 Å². The van der Waals surface area contributed by atoms with Crippen molar-refractivity contribution in [2.45, 2.75) is 25.4 Å². The van der Waals surface area contributed by atoms with E-state index < -0.39 is 0 Å². The second-order valence-corrected chi connectivity index (χ2v) is 9.13. The Bertz CT molecular complexity index is 1100. The molecular formula is C22H18N2O2S3. The molecule has 2 heterocycles. The summed E-state index contributed by atoms with van der Waals surface area (Å²) < 4.78 is 4.47. The van der Waals surface area contributed by atoms with Gasteiger partial charge < -0.3 is 0 Å². The van der Waals surface area contributed by atoms with Gasteiger partial charge in [0.2, 0.25) is 0 Å². The van der Waals surface area contributed by atoms with Crippen LogP contribution in [0.15, 0.2) is 53.6 Å². The number of carbonyl (C=O) groups is 2. The summed E-state index contributed by atoms with van der Waals surface area (Å²) in [6.45, 7) is 4.41. The molecule has 0 atom stereocenters. The average Bonchev–Trinajstić information content (AvgIpc) is 3.27. The van der Waals surface area contributed by atoms with Gasteiger partial charge in [-0.2, -0.15) is 4.37 Å². The van der Waals surface area contributed by atoms with Crippen molar-refractivity contribution in [1.29, 1.82) is 0 Å². The summed E-state index contributed by atoms with van der Waals surface area (Å²) in [4.78, 5) is 28.4. The molecule has 0 radical (unpaired) electrons. The summed E-state index contributed by atoms with van der Waals surface area (Å²) in [5.41, 5.74) is 4.35. The van der Waals surface area contributed by atoms with E-state index in [9.17, 15) is 9.59 Å². The standard InChI is InChI=1S/C22H18N2O2S3/c1-13-3-7-15(8-4-13)17(25)12-28-20-19-18(29-23-20)11-24(22(19)27)21(26)16-9-5-14(2)6-10-16/h3-10H,11-12H2,1-2H3. The summed E-state index contributed by atoms with van der Waals surface area (Å²) in [5, 5.41) is 0.731. The summed E-state index contributed by atoms with van der Waals surface area (Å²) >= 11 is 8.33. The van der Waals surface area contributed by atoms with E-state index in [0.717, 1.165) is 26.6 Å². The number of hydrogen-bond acceptors (Lipinski definition) is 6. The maximum atomic E-state index is 12.9. The number of aryl methyl sites for hydroxylation is 2. The minimum absolute atomic E-state index is 0.0493. The van der Waals surface area contributed by atoms with Crippen molar-refractivity contribution in [1.82, 2.24) is 9.27 Å². The first-order valence-electron chi connectivity index (χ1n) is 9.08. The molecule has 1 aliphatic heterocycles. The fourth-order valence-electron chi connectivity index (χ4n) is 3.05. The van der Waals surface area contributed by atoms with Crippen molar-refractivity contribution in [3.05, 3.63) is 81.2 Å². The number of benzene rings is 2. The summed E-state index contributed by atoms with van der Waals surface area (Å²) in [5.74, 6) is 0.228. The molecular weight excluding hydrogens is 420 g/mol. The summed E-state index contributed by atoms with van der Waals surface area (Å²) in [7, 11) is 0. The van der Waals surface area contributed by atoms with E-state index in [-0.39, 0.29) is 17.4 Å². The molecule has 1 aromatic heterocycles. The van der Waals surface area contributed by atoms with E-state index in [4.69, 9.17) is 12.2 Å². The molecule has 0 saturated heterocycles. The Hall–Kier alpha value is -2.35. The van der Waals surface area contributed by atoms with E-state index in [2.05, 4.69) is 4.37 Å². The predicted octanol–water partition coefficient (Wildman–Crippen LogP) is 5.07. The number of aromatic nitrogens is 1. The zero-order valence-corrected chi connectivity index (χ0v) is 18.4. The normalized spacial score (nSPS) is 12.9. The van der Waals surface area contributed by atoms with Gasteiger partial charge in [0, 0.05) is 11.1 Å². The SMILES string of the molecule is Cc1ccc(C(=O)CSc2nsc3c2C(=S)N(C(=O)c2ccc(C)cc2)C3)cc1. The number of thioether (sulfide) groups is 1. The van der Waals surface area contributed by atoms with Crippen LogP contribution in [-0.2, 0) is 6.54 Å². The Labute approximate surface area is 183 Å². The third kappa shape index (κ3) is 4.03. The highest BCUT2D eigenvalue weighted by molar-refractivity contribution is 8.00. The van der Waals surface area contributed by atoms with Gasteiger partial charge in [0.05, 0.1) is 22.7 Å². The van der Waals surface area contributed by atoms with Crippen LogP contribution in [0.1, 0.15) is 42.3 Å². The molecule has 1 aliphatic rings. The summed E-state index contributed by atoms with van der Waals surface area (Å²) in [6, 6.07) is 15.0. The molecule has 2 aromatic carbocycles. The van der Waals surface area contributed by atoms with Gasteiger partial charge in [-0.1, -0.05) is 71.5 Å². The number of nitrogens with zero attached hydrogens (tertiary/aromatic N) is 2. The maximum absolute atomic E-state index is 12.9. The lowest BCUT2D eigenvalue weighted by Gasteiger charge is -2.16. The Balaban J connectivity index is 1.47. The van der Waals surface area contributed by atoms with Crippen molar-refractivity contribution in [3.8, 4) is 0 Å². The Kier molecular flexibility index (Phi) is 5.63. The molecule has 0 bridgehead atoms. The van der Waals surface area contributed by atoms with Crippen LogP contribution in [0.4, 0.5) is 0 Å². The molecule has 0 aliphatic carbocycles. The Morgan fingerprint density at radius 1 is 1.03 bits per heavy atom. The Morgan fingerprint density at radius 3 is 2.24 bits per heavy atom. The highest BCUT2D eigenvalue weighted by Crippen LogP contribution is 2.36. The van der Waals surface area contributed by atoms with Gasteiger partial charge in [0.1, 0.15) is 10.0 Å². The molecule has 146 valence electrons. The number of amides is 1. The highest BCUT2D eigenvalue weighted by atomic mass is 32.2. The molecule has 4 rings (SSSR count). The average molecular weight is 439 g/mol. The third-order valence-electron chi connectivity index (χ3n) is 4.75. The largest absolute Gasteiger partial charge is 0.293 e. The number of Topliss-reactive ketones (excluding diaryl/α,β-unsaturated/α-hetero) is 1. The van der Waals surface area contributed by atoms with Crippen LogP contribution in [0, 0.1) is 13.8 Å². The number of hydrogen-bond donors (Lipinski definition) is 0. The van der Waals surface area contributed by atoms with E-state index in [1.807, 2.05) is 62.4 Å². The van der Waals surface area contributed by atoms with Crippen LogP contribution >= 0.6 is 35.5 Å². The van der Waals surface area contributed by atoms with Crippen molar-refractivity contribution >= 4 is 52.2 Å². The zero-order valence-electron chi connectivity index (χ0n) is 16.0. The molecule has 0 saturated carbocycles. The van der Waals surface area contributed by atoms with E-state index in [1.165, 1.54) is 23.3 Å². The topological polar surface area (TPSA) is 50.3 Å². The van der Waals surface area contributed by atoms with Crippen LogP contribution < -0.4 is 0 Å². The van der Waals surface area contributed by atoms with Gasteiger partial charge in [-0.05, 0) is 37.5 Å². The van der Waals surface area contributed by atoms with Gasteiger partial charge >= 0.3 is 0 Å². The molecule has 1 amide bonds. The van der Waals surface area contributed by atoms with Crippen LogP contribution in [0.5, 0.6) is 0 Å². The first-order valence-corrected chi connectivity index (χ1v) is 11.2. The van der Waals surface area contributed by atoms with Gasteiger partial charge in [0.25, 0.3) is 5.91 Å². The van der Waals surface area contributed by atoms with Crippen LogP contribution in [-0.4, -0.2) is 31.7 Å². The molecule has 3 aromatic rings. The molecule has 7 heteroatoms. The van der Waals surface area contributed by atoms with E-state index >= 15 is 0 Å². The molecule has 0 fully saturated rings. The van der Waals surface area contributed by atoms with Gasteiger partial charge in [-0.15, -0.1) is 0 Å². The first kappa shape index (κ1) is 19.9. The lowest BCUT2D eigenvalue weighted by molar-refractivity contribution is 0.0849. The van der Waals surface area contributed by atoms with Gasteiger partial charge in [-0.25, -0.2) is 0 Å². The number of thiocarbonyl (C=S) groups is 1. The first-order chi connectivity index (χ1) is 13.9. The van der Waals surface area contributed by atoms with Crippen LogP contribution in [0.2, 0.25) is 0 Å². The second kappa shape index (κ2) is 8.18. The van der Waals surface area contributed by atoms with Crippen molar-refractivity contribution < 1.29 is 9.59 Å². The number of ketones is 1. The number of rotatable bonds is 5. The Morgan fingerprint density at radius 2 is 1.62 bits per heavy atom. The second-order valence-electron chi connectivity index (χ2n) is 6.93. The predicted molar refractivity (Wildman–Crippen MR) is 121 cm³/mol. The number of carbonyl (C=O) groups excluding carboxylic acids is 2. The minimum Gasteiger partial charge on any atom is -0.293 e. The zero-order chi connectivity index (χ0) is 20.5. The molecule has 4 nitrogen and oxygen atoms in total. The van der Waals surface area contributed by atoms with Gasteiger partial charge in [0.15, 0.2) is 5.78 Å². The fourth-order valence-corrected chi connectivity index (χ4v) is 5.49. The maximum Gasteiger partial charge on any atom is 0.259 e. The van der Waals surface area contributed by atoms with Gasteiger partial charge in [-0.3, -0.25) is 14.5 Å². The monoisotopic (exact) mass is 438 g/mol. The lowest BCUT2D eigenvalue weighted by Crippen LogP contribution is -2.30. The smallest absolute Gasteiger partial charge is 0.259 e. The lowest BCUT2D eigenvalue weighted by atomic mass is 10.1. The number of fused-ring (bicyclic) bond motifs is 1. The molecule has 29 heavy (non-hydrogen) atoms.